The highest BCUT2D eigenvalue weighted by molar-refractivity contribution is 5.94. The average molecular weight is 231 g/mol. The van der Waals surface area contributed by atoms with Gasteiger partial charge < -0.3 is 5.32 Å². The van der Waals surface area contributed by atoms with Crippen molar-refractivity contribution in [3.63, 3.8) is 0 Å². The molecule has 0 saturated carbocycles. The normalized spacial score (nSPS) is 10.6. The molecule has 0 saturated heterocycles. The molecule has 0 unspecified atom stereocenters. The molecule has 1 aromatic carbocycles. The summed E-state index contributed by atoms with van der Waals surface area (Å²) in [7, 11) is 0. The topological polar surface area (TPSA) is 29.1 Å². The SMILES string of the molecule is CCC/C=C/CCCNC(=O)c1ccccc1. The highest BCUT2D eigenvalue weighted by Crippen LogP contribution is 1.98. The average Bonchev–Trinajstić information content (AvgIpc) is 2.38. The van der Waals surface area contributed by atoms with Crippen LogP contribution in [0.1, 0.15) is 43.0 Å². The third-order valence-electron chi connectivity index (χ3n) is 2.49. The molecule has 2 heteroatoms. The lowest BCUT2D eigenvalue weighted by atomic mass is 10.2. The summed E-state index contributed by atoms with van der Waals surface area (Å²) in [4.78, 5) is 11.7. The first-order valence-corrected chi connectivity index (χ1v) is 6.33. The van der Waals surface area contributed by atoms with Crippen LogP contribution in [-0.2, 0) is 0 Å². The Kier molecular flexibility index (Phi) is 6.80. The van der Waals surface area contributed by atoms with Gasteiger partial charge in [-0.05, 0) is 31.4 Å². The predicted molar refractivity (Wildman–Crippen MR) is 72.1 cm³/mol. The molecule has 0 atom stereocenters. The maximum absolute atomic E-state index is 11.7. The van der Waals surface area contributed by atoms with Crippen molar-refractivity contribution >= 4 is 5.91 Å². The zero-order chi connectivity index (χ0) is 12.3. The number of unbranched alkanes of at least 4 members (excludes halogenated alkanes) is 2. The molecule has 0 aliphatic carbocycles. The van der Waals surface area contributed by atoms with Gasteiger partial charge in [-0.3, -0.25) is 4.79 Å². The van der Waals surface area contributed by atoms with E-state index >= 15 is 0 Å². The van der Waals surface area contributed by atoms with Gasteiger partial charge in [0.1, 0.15) is 0 Å². The van der Waals surface area contributed by atoms with Crippen molar-refractivity contribution in [1.29, 1.82) is 0 Å². The van der Waals surface area contributed by atoms with Gasteiger partial charge in [0.15, 0.2) is 0 Å². The predicted octanol–water partition coefficient (Wildman–Crippen LogP) is 3.55. The van der Waals surface area contributed by atoms with Crippen molar-refractivity contribution in [2.75, 3.05) is 6.54 Å². The van der Waals surface area contributed by atoms with Gasteiger partial charge in [0.25, 0.3) is 5.91 Å². The summed E-state index contributed by atoms with van der Waals surface area (Å²) in [6, 6.07) is 9.33. The van der Waals surface area contributed by atoms with Crippen LogP contribution in [0, 0.1) is 0 Å². The Morgan fingerprint density at radius 2 is 1.88 bits per heavy atom. The van der Waals surface area contributed by atoms with E-state index in [1.807, 2.05) is 30.3 Å². The molecule has 1 rings (SSSR count). The second-order valence-electron chi connectivity index (χ2n) is 4.02. The van der Waals surface area contributed by atoms with Gasteiger partial charge in [-0.2, -0.15) is 0 Å². The van der Waals surface area contributed by atoms with Crippen LogP contribution in [0.2, 0.25) is 0 Å². The number of carbonyl (C=O) groups is 1. The van der Waals surface area contributed by atoms with E-state index in [1.165, 1.54) is 6.42 Å². The quantitative estimate of drug-likeness (QED) is 0.564. The minimum Gasteiger partial charge on any atom is -0.352 e. The van der Waals surface area contributed by atoms with Crippen LogP contribution in [0.4, 0.5) is 0 Å². The van der Waals surface area contributed by atoms with Crippen LogP contribution >= 0.6 is 0 Å². The number of hydrogen-bond acceptors (Lipinski definition) is 1. The zero-order valence-corrected chi connectivity index (χ0v) is 10.5. The Morgan fingerprint density at radius 3 is 2.59 bits per heavy atom. The molecule has 17 heavy (non-hydrogen) atoms. The van der Waals surface area contributed by atoms with E-state index in [9.17, 15) is 4.79 Å². The van der Waals surface area contributed by atoms with Gasteiger partial charge in [0.05, 0.1) is 0 Å². The molecule has 0 fully saturated rings. The lowest BCUT2D eigenvalue weighted by molar-refractivity contribution is 0.0953. The van der Waals surface area contributed by atoms with Crippen molar-refractivity contribution < 1.29 is 4.79 Å². The molecule has 92 valence electrons. The first-order chi connectivity index (χ1) is 8.34. The van der Waals surface area contributed by atoms with Crippen molar-refractivity contribution in [3.05, 3.63) is 48.0 Å². The van der Waals surface area contributed by atoms with Gasteiger partial charge in [0, 0.05) is 12.1 Å². The minimum absolute atomic E-state index is 0.0168. The summed E-state index contributed by atoms with van der Waals surface area (Å²) < 4.78 is 0. The fraction of sp³-hybridized carbons (Fsp3) is 0.400. The molecule has 0 bridgehead atoms. The van der Waals surface area contributed by atoms with Gasteiger partial charge in [-0.15, -0.1) is 0 Å². The molecule has 2 nitrogen and oxygen atoms in total. The summed E-state index contributed by atoms with van der Waals surface area (Å²) in [6.07, 6.45) is 8.78. The lowest BCUT2D eigenvalue weighted by Crippen LogP contribution is -2.24. The van der Waals surface area contributed by atoms with E-state index in [1.54, 1.807) is 0 Å². The van der Waals surface area contributed by atoms with Crippen molar-refractivity contribution in [1.82, 2.24) is 5.32 Å². The number of carbonyl (C=O) groups excluding carboxylic acids is 1. The largest absolute Gasteiger partial charge is 0.352 e. The molecule has 1 amide bonds. The smallest absolute Gasteiger partial charge is 0.251 e. The maximum atomic E-state index is 11.7. The van der Waals surface area contributed by atoms with Crippen LogP contribution in [0.25, 0.3) is 0 Å². The second-order valence-corrected chi connectivity index (χ2v) is 4.02. The number of hydrogen-bond donors (Lipinski definition) is 1. The Morgan fingerprint density at radius 1 is 1.18 bits per heavy atom. The summed E-state index contributed by atoms with van der Waals surface area (Å²) in [5.74, 6) is 0.0168. The van der Waals surface area contributed by atoms with Gasteiger partial charge in [-0.1, -0.05) is 43.7 Å². The molecule has 0 heterocycles. The molecule has 0 aromatic heterocycles. The Bertz CT molecular complexity index is 343. The Balaban J connectivity index is 2.13. The van der Waals surface area contributed by atoms with E-state index in [-0.39, 0.29) is 5.91 Å². The molecule has 0 spiro atoms. The van der Waals surface area contributed by atoms with E-state index in [4.69, 9.17) is 0 Å². The fourth-order valence-electron chi connectivity index (χ4n) is 1.52. The Labute approximate surface area is 104 Å². The third kappa shape index (κ3) is 5.91. The molecule has 1 aromatic rings. The van der Waals surface area contributed by atoms with Crippen LogP contribution < -0.4 is 5.32 Å². The maximum Gasteiger partial charge on any atom is 0.251 e. The summed E-state index contributed by atoms with van der Waals surface area (Å²) in [5, 5.41) is 2.92. The van der Waals surface area contributed by atoms with Crippen LogP contribution in [0.3, 0.4) is 0 Å². The van der Waals surface area contributed by atoms with Crippen LogP contribution in [0.5, 0.6) is 0 Å². The molecule has 0 aliphatic rings. The monoisotopic (exact) mass is 231 g/mol. The number of allylic oxidation sites excluding steroid dienone is 2. The van der Waals surface area contributed by atoms with Crippen LogP contribution in [-0.4, -0.2) is 12.5 Å². The van der Waals surface area contributed by atoms with Crippen molar-refractivity contribution in [2.45, 2.75) is 32.6 Å². The van der Waals surface area contributed by atoms with Crippen molar-refractivity contribution in [2.24, 2.45) is 0 Å². The van der Waals surface area contributed by atoms with Gasteiger partial charge >= 0.3 is 0 Å². The van der Waals surface area contributed by atoms with Gasteiger partial charge in [0.2, 0.25) is 0 Å². The number of nitrogens with one attached hydrogen (secondary N) is 1. The standard InChI is InChI=1S/C15H21NO/c1-2-3-4-5-6-10-13-16-15(17)14-11-8-7-9-12-14/h4-5,7-9,11-12H,2-3,6,10,13H2,1H3,(H,16,17)/b5-4+. The second kappa shape index (κ2) is 8.57. The van der Waals surface area contributed by atoms with Gasteiger partial charge in [-0.25, -0.2) is 0 Å². The highest BCUT2D eigenvalue weighted by atomic mass is 16.1. The summed E-state index contributed by atoms with van der Waals surface area (Å²) in [6.45, 7) is 2.91. The zero-order valence-electron chi connectivity index (χ0n) is 10.5. The number of rotatable bonds is 7. The highest BCUT2D eigenvalue weighted by Gasteiger charge is 2.01. The molecule has 1 N–H and O–H groups in total. The van der Waals surface area contributed by atoms with Crippen molar-refractivity contribution in [3.8, 4) is 0 Å². The first-order valence-electron chi connectivity index (χ1n) is 6.33. The van der Waals surface area contributed by atoms with E-state index in [0.29, 0.717) is 0 Å². The van der Waals surface area contributed by atoms with E-state index in [0.717, 1.165) is 31.4 Å². The fourth-order valence-corrected chi connectivity index (χ4v) is 1.52. The molecule has 0 radical (unpaired) electrons. The summed E-state index contributed by atoms with van der Waals surface area (Å²) in [5.41, 5.74) is 0.731. The summed E-state index contributed by atoms with van der Waals surface area (Å²) >= 11 is 0. The molecular weight excluding hydrogens is 210 g/mol. The lowest BCUT2D eigenvalue weighted by Gasteiger charge is -2.03. The molecule has 0 aliphatic heterocycles. The third-order valence-corrected chi connectivity index (χ3v) is 2.49. The van der Waals surface area contributed by atoms with E-state index < -0.39 is 0 Å². The number of amides is 1. The minimum atomic E-state index is 0.0168. The number of benzene rings is 1. The molecular formula is C15H21NO. The van der Waals surface area contributed by atoms with Crippen LogP contribution in [0.15, 0.2) is 42.5 Å². The Hall–Kier alpha value is -1.57. The first kappa shape index (κ1) is 13.5. The van der Waals surface area contributed by atoms with E-state index in [2.05, 4.69) is 24.4 Å².